The fourth-order valence-electron chi connectivity index (χ4n) is 2.24. The van der Waals surface area contributed by atoms with Gasteiger partial charge in [0.15, 0.2) is 10.4 Å². The van der Waals surface area contributed by atoms with Crippen molar-refractivity contribution in [3.63, 3.8) is 0 Å². The molecule has 1 amide bonds. The summed E-state index contributed by atoms with van der Waals surface area (Å²) in [7, 11) is 0. The maximum absolute atomic E-state index is 12.0. The van der Waals surface area contributed by atoms with Gasteiger partial charge in [-0.15, -0.1) is 0 Å². The number of hydrogen-bond acceptors (Lipinski definition) is 4. The molecule has 6 heteroatoms. The van der Waals surface area contributed by atoms with E-state index in [-0.39, 0.29) is 11.7 Å². The highest BCUT2D eigenvalue weighted by molar-refractivity contribution is 9.10. The third kappa shape index (κ3) is 2.82. The molecule has 0 fully saturated rings. The molecular formula is C16H13BrN2O3. The minimum Gasteiger partial charge on any atom is -0.444 e. The summed E-state index contributed by atoms with van der Waals surface area (Å²) in [5, 5.41) is 6.72. The Hall–Kier alpha value is -2.34. The number of benzene rings is 1. The van der Waals surface area contributed by atoms with Crippen LogP contribution in [0.2, 0.25) is 0 Å². The number of furan rings is 1. The van der Waals surface area contributed by atoms with Crippen LogP contribution < -0.4 is 5.32 Å². The summed E-state index contributed by atoms with van der Waals surface area (Å²) in [4.78, 5) is 12.0. The molecule has 0 aliphatic heterocycles. The number of nitrogens with one attached hydrogen (secondary N) is 1. The second kappa shape index (κ2) is 5.81. The Bertz CT molecular complexity index is 799. The molecule has 2 heterocycles. The molecule has 0 aliphatic carbocycles. The number of carbonyl (C=O) groups is 1. The van der Waals surface area contributed by atoms with Crippen molar-refractivity contribution in [2.75, 3.05) is 5.32 Å². The SMILES string of the molecule is Cc1noc(C)c1-c1ccc(NC(=O)c2ccc(Br)o2)cc1. The zero-order valence-corrected chi connectivity index (χ0v) is 13.6. The first-order valence-electron chi connectivity index (χ1n) is 6.64. The molecule has 0 radical (unpaired) electrons. The average molecular weight is 361 g/mol. The van der Waals surface area contributed by atoms with Crippen LogP contribution in [0.1, 0.15) is 22.0 Å². The van der Waals surface area contributed by atoms with Gasteiger partial charge in [-0.1, -0.05) is 17.3 Å². The lowest BCUT2D eigenvalue weighted by Gasteiger charge is -2.05. The molecule has 0 saturated carbocycles. The number of anilines is 1. The summed E-state index contributed by atoms with van der Waals surface area (Å²) in [5.41, 5.74) is 3.51. The highest BCUT2D eigenvalue weighted by atomic mass is 79.9. The van der Waals surface area contributed by atoms with Crippen LogP contribution in [0.3, 0.4) is 0 Å². The molecular weight excluding hydrogens is 348 g/mol. The zero-order chi connectivity index (χ0) is 15.7. The fourth-order valence-corrected chi connectivity index (χ4v) is 2.55. The van der Waals surface area contributed by atoms with E-state index in [4.69, 9.17) is 8.94 Å². The lowest BCUT2D eigenvalue weighted by molar-refractivity contribution is 0.0995. The summed E-state index contributed by atoms with van der Waals surface area (Å²) in [5.74, 6) is 0.729. The third-order valence-corrected chi connectivity index (χ3v) is 3.69. The lowest BCUT2D eigenvalue weighted by atomic mass is 10.0. The van der Waals surface area contributed by atoms with Gasteiger partial charge in [-0.2, -0.15) is 0 Å². The third-order valence-electron chi connectivity index (χ3n) is 3.26. The maximum atomic E-state index is 12.0. The van der Waals surface area contributed by atoms with Gasteiger partial charge in [0.25, 0.3) is 5.91 Å². The van der Waals surface area contributed by atoms with Gasteiger partial charge in [0.1, 0.15) is 5.76 Å². The zero-order valence-electron chi connectivity index (χ0n) is 12.0. The van der Waals surface area contributed by atoms with Gasteiger partial charge in [0.05, 0.1) is 5.69 Å². The number of carbonyl (C=O) groups excluding carboxylic acids is 1. The first-order valence-corrected chi connectivity index (χ1v) is 7.44. The fraction of sp³-hybridized carbons (Fsp3) is 0.125. The van der Waals surface area contributed by atoms with Crippen LogP contribution in [0.5, 0.6) is 0 Å². The van der Waals surface area contributed by atoms with Crippen molar-refractivity contribution in [3.8, 4) is 11.1 Å². The highest BCUT2D eigenvalue weighted by Gasteiger charge is 2.13. The Morgan fingerprint density at radius 2 is 1.86 bits per heavy atom. The quantitative estimate of drug-likeness (QED) is 0.742. The second-order valence-electron chi connectivity index (χ2n) is 4.83. The van der Waals surface area contributed by atoms with Gasteiger partial charge in [-0.05, 0) is 59.6 Å². The molecule has 0 aliphatic rings. The molecule has 0 spiro atoms. The van der Waals surface area contributed by atoms with E-state index in [2.05, 4.69) is 26.4 Å². The Morgan fingerprint density at radius 1 is 1.14 bits per heavy atom. The molecule has 112 valence electrons. The van der Waals surface area contributed by atoms with Crippen molar-refractivity contribution < 1.29 is 13.7 Å². The predicted octanol–water partition coefficient (Wildman–Crippen LogP) is 4.57. The minimum absolute atomic E-state index is 0.252. The highest BCUT2D eigenvalue weighted by Crippen LogP contribution is 2.28. The van der Waals surface area contributed by atoms with E-state index in [1.165, 1.54) is 0 Å². The van der Waals surface area contributed by atoms with Crippen molar-refractivity contribution >= 4 is 27.5 Å². The number of aryl methyl sites for hydroxylation is 2. The Balaban J connectivity index is 1.79. The van der Waals surface area contributed by atoms with Gasteiger partial charge in [0, 0.05) is 11.3 Å². The van der Waals surface area contributed by atoms with Crippen LogP contribution in [0.25, 0.3) is 11.1 Å². The van der Waals surface area contributed by atoms with Gasteiger partial charge in [-0.3, -0.25) is 4.79 Å². The average Bonchev–Trinajstić information content (AvgIpc) is 3.07. The standard InChI is InChI=1S/C16H13BrN2O3/c1-9-15(10(2)22-19-9)11-3-5-12(6-4-11)18-16(20)13-7-8-14(17)21-13/h3-8H,1-2H3,(H,18,20). The molecule has 0 atom stereocenters. The monoisotopic (exact) mass is 360 g/mol. The first kappa shape index (κ1) is 14.6. The van der Waals surface area contributed by atoms with Crippen LogP contribution in [0.4, 0.5) is 5.69 Å². The summed E-state index contributed by atoms with van der Waals surface area (Å²) >= 11 is 3.17. The molecule has 22 heavy (non-hydrogen) atoms. The van der Waals surface area contributed by atoms with Gasteiger partial charge in [0.2, 0.25) is 0 Å². The van der Waals surface area contributed by atoms with E-state index in [1.807, 2.05) is 38.1 Å². The summed E-state index contributed by atoms with van der Waals surface area (Å²) in [6.45, 7) is 3.77. The van der Waals surface area contributed by atoms with Crippen molar-refractivity contribution in [1.29, 1.82) is 0 Å². The first-order chi connectivity index (χ1) is 10.5. The number of rotatable bonds is 3. The molecule has 3 rings (SSSR count). The van der Waals surface area contributed by atoms with Crippen LogP contribution in [0, 0.1) is 13.8 Å². The topological polar surface area (TPSA) is 68.3 Å². The molecule has 5 nitrogen and oxygen atoms in total. The Labute approximate surface area is 135 Å². The van der Waals surface area contributed by atoms with Crippen molar-refractivity contribution in [3.05, 3.63) is 58.3 Å². The molecule has 0 unspecified atom stereocenters. The van der Waals surface area contributed by atoms with E-state index in [0.29, 0.717) is 10.4 Å². The second-order valence-corrected chi connectivity index (χ2v) is 5.62. The normalized spacial score (nSPS) is 10.7. The summed E-state index contributed by atoms with van der Waals surface area (Å²) in [6, 6.07) is 10.8. The van der Waals surface area contributed by atoms with Crippen LogP contribution in [-0.2, 0) is 0 Å². The van der Waals surface area contributed by atoms with E-state index >= 15 is 0 Å². The lowest BCUT2D eigenvalue weighted by Crippen LogP contribution is -2.10. The van der Waals surface area contributed by atoms with Crippen LogP contribution in [0.15, 0.2) is 50.0 Å². The summed E-state index contributed by atoms with van der Waals surface area (Å²) in [6.07, 6.45) is 0. The predicted molar refractivity (Wildman–Crippen MR) is 85.8 cm³/mol. The van der Waals surface area contributed by atoms with Crippen molar-refractivity contribution in [1.82, 2.24) is 5.16 Å². The summed E-state index contributed by atoms with van der Waals surface area (Å²) < 4.78 is 10.9. The molecule has 2 aromatic heterocycles. The van der Waals surface area contributed by atoms with Crippen LogP contribution in [-0.4, -0.2) is 11.1 Å². The van der Waals surface area contributed by atoms with E-state index in [9.17, 15) is 4.79 Å². The smallest absolute Gasteiger partial charge is 0.291 e. The van der Waals surface area contributed by atoms with E-state index < -0.39 is 0 Å². The van der Waals surface area contributed by atoms with Gasteiger partial charge in [-0.25, -0.2) is 0 Å². The largest absolute Gasteiger partial charge is 0.444 e. The molecule has 1 aromatic carbocycles. The molecule has 3 aromatic rings. The van der Waals surface area contributed by atoms with Crippen molar-refractivity contribution in [2.45, 2.75) is 13.8 Å². The number of nitrogens with zero attached hydrogens (tertiary/aromatic N) is 1. The van der Waals surface area contributed by atoms with Gasteiger partial charge < -0.3 is 14.3 Å². The van der Waals surface area contributed by atoms with E-state index in [0.717, 1.165) is 22.6 Å². The molecule has 1 N–H and O–H groups in total. The maximum Gasteiger partial charge on any atom is 0.291 e. The Morgan fingerprint density at radius 3 is 2.41 bits per heavy atom. The van der Waals surface area contributed by atoms with Crippen LogP contribution >= 0.6 is 15.9 Å². The number of halogens is 1. The number of hydrogen-bond donors (Lipinski definition) is 1. The van der Waals surface area contributed by atoms with E-state index in [1.54, 1.807) is 12.1 Å². The number of amides is 1. The van der Waals surface area contributed by atoms with Gasteiger partial charge >= 0.3 is 0 Å². The molecule has 0 bridgehead atoms. The number of aromatic nitrogens is 1. The van der Waals surface area contributed by atoms with Crippen molar-refractivity contribution in [2.24, 2.45) is 0 Å². The Kier molecular flexibility index (Phi) is 3.85. The minimum atomic E-state index is -0.296. The molecule has 0 saturated heterocycles.